The highest BCUT2D eigenvalue weighted by atomic mass is 79.9. The molecule has 0 radical (unpaired) electrons. The summed E-state index contributed by atoms with van der Waals surface area (Å²) in [7, 11) is 0. The van der Waals surface area contributed by atoms with Crippen LogP contribution < -0.4 is 5.32 Å². The van der Waals surface area contributed by atoms with Crippen LogP contribution in [0.5, 0.6) is 0 Å². The van der Waals surface area contributed by atoms with E-state index in [0.29, 0.717) is 5.92 Å². The van der Waals surface area contributed by atoms with Gasteiger partial charge in [0.2, 0.25) is 0 Å². The fourth-order valence-corrected chi connectivity index (χ4v) is 3.91. The number of nitrogens with one attached hydrogen (secondary N) is 1. The van der Waals surface area contributed by atoms with Gasteiger partial charge in [-0.15, -0.1) is 11.8 Å². The summed E-state index contributed by atoms with van der Waals surface area (Å²) in [4.78, 5) is 0. The van der Waals surface area contributed by atoms with Gasteiger partial charge in [0.25, 0.3) is 0 Å². The Labute approximate surface area is 144 Å². The molecule has 0 aliphatic heterocycles. The largest absolute Gasteiger partial charge is 0.361 e. The van der Waals surface area contributed by atoms with E-state index < -0.39 is 0 Å². The molecule has 1 unspecified atom stereocenters. The number of thiocarbonyl (C=S) groups is 2. The zero-order valence-electron chi connectivity index (χ0n) is 11.4. The number of thioether (sulfide) groups is 1. The minimum atomic E-state index is -0.149. The van der Waals surface area contributed by atoms with Crippen LogP contribution in [0, 0.1) is 5.92 Å². The number of halogens is 1. The Bertz CT molecular complexity index is 502. The van der Waals surface area contributed by atoms with E-state index in [2.05, 4.69) is 45.5 Å². The summed E-state index contributed by atoms with van der Waals surface area (Å²) in [6.45, 7) is 0. The lowest BCUT2D eigenvalue weighted by atomic mass is 9.66. The normalized spacial score (nSPS) is 17.9. The van der Waals surface area contributed by atoms with Crippen LogP contribution >= 0.6 is 52.1 Å². The quantitative estimate of drug-likeness (QED) is 0.707. The second-order valence-electron chi connectivity index (χ2n) is 5.10. The predicted molar refractivity (Wildman–Crippen MR) is 101 cm³/mol. The van der Waals surface area contributed by atoms with E-state index in [1.54, 1.807) is 11.8 Å². The summed E-state index contributed by atoms with van der Waals surface area (Å²) in [5, 5.41) is 5.44. The Balaban J connectivity index is 2.44. The summed E-state index contributed by atoms with van der Waals surface area (Å²) in [6, 6.07) is 8.50. The third-order valence-electron chi connectivity index (χ3n) is 4.06. The van der Waals surface area contributed by atoms with Gasteiger partial charge in [-0.1, -0.05) is 58.9 Å². The Morgan fingerprint density at radius 3 is 2.80 bits per heavy atom. The summed E-state index contributed by atoms with van der Waals surface area (Å²) < 4.78 is 1.94. The molecule has 0 spiro atoms. The van der Waals surface area contributed by atoms with Crippen molar-refractivity contribution in [2.24, 2.45) is 5.92 Å². The van der Waals surface area contributed by atoms with Gasteiger partial charge in [0.15, 0.2) is 0 Å². The Kier molecular flexibility index (Phi) is 6.02. The number of benzene rings is 1. The van der Waals surface area contributed by atoms with Crippen LogP contribution in [0.3, 0.4) is 0 Å². The van der Waals surface area contributed by atoms with Gasteiger partial charge in [0, 0.05) is 10.9 Å². The van der Waals surface area contributed by atoms with Gasteiger partial charge >= 0.3 is 0 Å². The van der Waals surface area contributed by atoms with Crippen molar-refractivity contribution in [2.45, 2.75) is 31.2 Å². The second kappa shape index (κ2) is 7.34. The molecule has 1 aromatic rings. The number of hydrogen-bond acceptors (Lipinski definition) is 3. The van der Waals surface area contributed by atoms with Crippen molar-refractivity contribution < 1.29 is 0 Å². The van der Waals surface area contributed by atoms with Gasteiger partial charge in [-0.05, 0) is 48.1 Å². The van der Waals surface area contributed by atoms with Crippen LogP contribution in [0.1, 0.15) is 31.2 Å². The van der Waals surface area contributed by atoms with Gasteiger partial charge in [0.05, 0.1) is 5.54 Å². The molecule has 0 saturated heterocycles. The van der Waals surface area contributed by atoms with Gasteiger partial charge in [-0.25, -0.2) is 0 Å². The SMILES string of the molecule is CSC(=S)NC(CC=S)(c1cccc(Br)c1)C1CCC1. The maximum atomic E-state index is 5.43. The maximum absolute atomic E-state index is 5.43. The first-order valence-electron chi connectivity index (χ1n) is 6.68. The summed E-state index contributed by atoms with van der Waals surface area (Å²) >= 11 is 15.8. The molecule has 5 heteroatoms. The van der Waals surface area contributed by atoms with E-state index in [1.165, 1.54) is 24.8 Å². The van der Waals surface area contributed by atoms with E-state index in [0.717, 1.165) is 15.2 Å². The minimum Gasteiger partial charge on any atom is -0.361 e. The van der Waals surface area contributed by atoms with Crippen molar-refractivity contribution in [3.8, 4) is 0 Å². The average Bonchev–Trinajstić information content (AvgIpc) is 2.36. The summed E-state index contributed by atoms with van der Waals surface area (Å²) in [5.74, 6) is 0.598. The molecule has 1 nitrogen and oxygen atoms in total. The zero-order valence-corrected chi connectivity index (χ0v) is 15.4. The van der Waals surface area contributed by atoms with Crippen LogP contribution in [0.4, 0.5) is 0 Å². The van der Waals surface area contributed by atoms with Gasteiger partial charge in [-0.3, -0.25) is 0 Å². The second-order valence-corrected chi connectivity index (χ2v) is 7.83. The molecular formula is C15H18BrNS3. The van der Waals surface area contributed by atoms with E-state index in [4.69, 9.17) is 24.4 Å². The van der Waals surface area contributed by atoms with Crippen molar-refractivity contribution in [3.05, 3.63) is 34.3 Å². The molecule has 1 fully saturated rings. The van der Waals surface area contributed by atoms with E-state index in [1.807, 2.05) is 11.6 Å². The first kappa shape index (κ1) is 16.4. The lowest BCUT2D eigenvalue weighted by molar-refractivity contribution is 0.154. The molecule has 1 N–H and O–H groups in total. The fraction of sp³-hybridized carbons (Fsp3) is 0.467. The van der Waals surface area contributed by atoms with Gasteiger partial charge in [-0.2, -0.15) is 0 Å². The molecule has 1 saturated carbocycles. The lowest BCUT2D eigenvalue weighted by Gasteiger charge is -2.46. The first-order chi connectivity index (χ1) is 9.62. The van der Waals surface area contributed by atoms with Gasteiger partial charge in [0.1, 0.15) is 4.32 Å². The molecule has 0 amide bonds. The molecule has 0 heterocycles. The first-order valence-corrected chi connectivity index (χ1v) is 9.58. The summed E-state index contributed by atoms with van der Waals surface area (Å²) in [6.07, 6.45) is 6.61. The molecule has 1 aliphatic rings. The Hall–Kier alpha value is 0.0300. The zero-order chi connectivity index (χ0) is 14.6. The highest BCUT2D eigenvalue weighted by molar-refractivity contribution is 9.10. The minimum absolute atomic E-state index is 0.149. The Morgan fingerprint density at radius 1 is 1.55 bits per heavy atom. The molecular weight excluding hydrogens is 370 g/mol. The van der Waals surface area contributed by atoms with Crippen LogP contribution in [-0.2, 0) is 5.54 Å². The standard InChI is InChI=1S/C15H18BrNS3/c1-20-14(19)17-15(8-9-18,11-4-2-5-11)12-6-3-7-13(16)10-12/h3,6-7,9-11H,2,4-5,8H2,1H3,(H,17,19). The highest BCUT2D eigenvalue weighted by Crippen LogP contribution is 2.45. The van der Waals surface area contributed by atoms with Crippen LogP contribution in [-0.4, -0.2) is 15.9 Å². The molecule has 0 bridgehead atoms. The molecule has 108 valence electrons. The fourth-order valence-electron chi connectivity index (χ4n) is 2.78. The number of rotatable bonds is 5. The molecule has 0 aromatic heterocycles. The monoisotopic (exact) mass is 387 g/mol. The Morgan fingerprint density at radius 2 is 2.30 bits per heavy atom. The van der Waals surface area contributed by atoms with Crippen LogP contribution in [0.15, 0.2) is 28.7 Å². The molecule has 20 heavy (non-hydrogen) atoms. The van der Waals surface area contributed by atoms with Crippen LogP contribution in [0.25, 0.3) is 0 Å². The third kappa shape index (κ3) is 3.43. The molecule has 2 rings (SSSR count). The molecule has 1 atom stereocenters. The third-order valence-corrected chi connectivity index (χ3v) is 5.79. The number of hydrogen-bond donors (Lipinski definition) is 1. The lowest BCUT2D eigenvalue weighted by Crippen LogP contribution is -2.52. The van der Waals surface area contributed by atoms with Crippen LogP contribution in [0.2, 0.25) is 0 Å². The van der Waals surface area contributed by atoms with Crippen molar-refractivity contribution in [2.75, 3.05) is 6.26 Å². The smallest absolute Gasteiger partial charge is 0.134 e. The van der Waals surface area contributed by atoms with E-state index in [9.17, 15) is 0 Å². The van der Waals surface area contributed by atoms with E-state index >= 15 is 0 Å². The van der Waals surface area contributed by atoms with Crippen molar-refractivity contribution in [1.29, 1.82) is 0 Å². The topological polar surface area (TPSA) is 12.0 Å². The predicted octanol–water partition coefficient (Wildman–Crippen LogP) is 5.07. The van der Waals surface area contributed by atoms with E-state index in [-0.39, 0.29) is 5.54 Å². The van der Waals surface area contributed by atoms with Gasteiger partial charge < -0.3 is 5.32 Å². The molecule has 1 aliphatic carbocycles. The van der Waals surface area contributed by atoms with Crippen molar-refractivity contribution >= 4 is 61.8 Å². The maximum Gasteiger partial charge on any atom is 0.134 e. The molecule has 1 aromatic carbocycles. The van der Waals surface area contributed by atoms with Crippen molar-refractivity contribution in [3.63, 3.8) is 0 Å². The average molecular weight is 388 g/mol. The van der Waals surface area contributed by atoms with Crippen molar-refractivity contribution in [1.82, 2.24) is 5.32 Å². The summed E-state index contributed by atoms with van der Waals surface area (Å²) in [5.41, 5.74) is 1.12. The highest BCUT2D eigenvalue weighted by Gasteiger charge is 2.43.